The SMILES string of the molecule is Cc1ccc(Cl)cc1Nc1ncnc(Nc2cccc(Cl)c2C)c1N. The number of halogens is 2. The number of aryl methyl sites for hydroxylation is 1. The molecule has 0 saturated heterocycles. The van der Waals surface area contributed by atoms with E-state index in [4.69, 9.17) is 28.9 Å². The molecule has 0 saturated carbocycles. The van der Waals surface area contributed by atoms with Crippen LogP contribution in [0.25, 0.3) is 0 Å². The Kier molecular flexibility index (Phi) is 4.97. The summed E-state index contributed by atoms with van der Waals surface area (Å²) in [5, 5.41) is 7.72. The van der Waals surface area contributed by atoms with Gasteiger partial charge in [-0.3, -0.25) is 0 Å². The Morgan fingerprint density at radius 1 is 0.920 bits per heavy atom. The van der Waals surface area contributed by atoms with Crippen LogP contribution in [-0.4, -0.2) is 9.97 Å². The topological polar surface area (TPSA) is 75.9 Å². The summed E-state index contributed by atoms with van der Waals surface area (Å²) in [7, 11) is 0. The third-order valence-electron chi connectivity index (χ3n) is 3.86. The zero-order chi connectivity index (χ0) is 18.0. The first-order chi connectivity index (χ1) is 12.0. The molecule has 0 aliphatic rings. The molecule has 0 radical (unpaired) electrons. The van der Waals surface area contributed by atoms with Crippen molar-refractivity contribution in [2.24, 2.45) is 0 Å². The minimum absolute atomic E-state index is 0.404. The maximum absolute atomic E-state index is 6.24. The van der Waals surface area contributed by atoms with Gasteiger partial charge in [0.15, 0.2) is 11.6 Å². The lowest BCUT2D eigenvalue weighted by molar-refractivity contribution is 1.17. The zero-order valence-corrected chi connectivity index (χ0v) is 15.3. The van der Waals surface area contributed by atoms with E-state index in [1.165, 1.54) is 6.33 Å². The Labute approximate surface area is 156 Å². The monoisotopic (exact) mass is 373 g/mol. The van der Waals surface area contributed by atoms with Crippen molar-refractivity contribution in [2.45, 2.75) is 13.8 Å². The molecule has 0 fully saturated rings. The van der Waals surface area contributed by atoms with Gasteiger partial charge in [-0.15, -0.1) is 0 Å². The van der Waals surface area contributed by atoms with Gasteiger partial charge in [-0.25, -0.2) is 9.97 Å². The van der Waals surface area contributed by atoms with Gasteiger partial charge in [0.25, 0.3) is 0 Å². The summed E-state index contributed by atoms with van der Waals surface area (Å²) in [6, 6.07) is 11.2. The molecule has 4 N–H and O–H groups in total. The maximum Gasteiger partial charge on any atom is 0.159 e. The quantitative estimate of drug-likeness (QED) is 0.565. The molecule has 128 valence electrons. The van der Waals surface area contributed by atoms with Crippen molar-refractivity contribution in [2.75, 3.05) is 16.4 Å². The number of hydrogen-bond acceptors (Lipinski definition) is 5. The molecular formula is C18H17Cl2N5. The number of benzene rings is 2. The number of nitrogens with two attached hydrogens (primary N) is 1. The zero-order valence-electron chi connectivity index (χ0n) is 13.8. The Balaban J connectivity index is 1.92. The molecule has 7 heteroatoms. The van der Waals surface area contributed by atoms with Gasteiger partial charge in [0.1, 0.15) is 12.0 Å². The lowest BCUT2D eigenvalue weighted by Crippen LogP contribution is -2.06. The van der Waals surface area contributed by atoms with E-state index in [2.05, 4.69) is 20.6 Å². The number of hydrogen-bond donors (Lipinski definition) is 3. The molecule has 0 aliphatic carbocycles. The molecule has 5 nitrogen and oxygen atoms in total. The van der Waals surface area contributed by atoms with Crippen LogP contribution in [0.3, 0.4) is 0 Å². The molecule has 25 heavy (non-hydrogen) atoms. The number of nitrogen functional groups attached to an aromatic ring is 1. The van der Waals surface area contributed by atoms with Crippen LogP contribution in [0, 0.1) is 13.8 Å². The first-order valence-electron chi connectivity index (χ1n) is 7.61. The first kappa shape index (κ1) is 17.3. The molecule has 0 unspecified atom stereocenters. The largest absolute Gasteiger partial charge is 0.393 e. The Bertz CT molecular complexity index is 905. The second-order valence-electron chi connectivity index (χ2n) is 5.61. The van der Waals surface area contributed by atoms with Crippen molar-refractivity contribution in [1.82, 2.24) is 9.97 Å². The fourth-order valence-electron chi connectivity index (χ4n) is 2.32. The maximum atomic E-state index is 6.24. The van der Waals surface area contributed by atoms with Gasteiger partial charge in [-0.2, -0.15) is 0 Å². The number of anilines is 5. The van der Waals surface area contributed by atoms with Crippen molar-refractivity contribution in [1.29, 1.82) is 0 Å². The van der Waals surface area contributed by atoms with Gasteiger partial charge in [-0.1, -0.05) is 35.3 Å². The Morgan fingerprint density at radius 3 is 2.32 bits per heavy atom. The van der Waals surface area contributed by atoms with Gasteiger partial charge in [-0.05, 0) is 49.2 Å². The molecule has 3 aromatic rings. The van der Waals surface area contributed by atoms with Gasteiger partial charge < -0.3 is 16.4 Å². The third kappa shape index (κ3) is 3.78. The number of aromatic nitrogens is 2. The standard InChI is InChI=1S/C18H17Cl2N5/c1-10-6-7-12(19)8-15(10)25-18-16(21)17(22-9-23-18)24-14-5-3-4-13(20)11(14)2/h3-9H,21H2,1-2H3,(H2,22,23,24,25). The highest BCUT2D eigenvalue weighted by atomic mass is 35.5. The minimum Gasteiger partial charge on any atom is -0.393 e. The predicted octanol–water partition coefficient (Wildman–Crippen LogP) is 5.47. The molecule has 2 aromatic carbocycles. The van der Waals surface area contributed by atoms with Crippen LogP contribution in [0.15, 0.2) is 42.7 Å². The van der Waals surface area contributed by atoms with Gasteiger partial charge >= 0.3 is 0 Å². The van der Waals surface area contributed by atoms with Crippen LogP contribution in [0.5, 0.6) is 0 Å². The summed E-state index contributed by atoms with van der Waals surface area (Å²) in [6.45, 7) is 3.90. The average Bonchev–Trinajstić information content (AvgIpc) is 2.58. The van der Waals surface area contributed by atoms with Crippen LogP contribution in [-0.2, 0) is 0 Å². The number of nitrogens with zero attached hydrogens (tertiary/aromatic N) is 2. The molecule has 0 spiro atoms. The number of rotatable bonds is 4. The third-order valence-corrected chi connectivity index (χ3v) is 4.50. The van der Waals surface area contributed by atoms with Crippen molar-refractivity contribution in [3.05, 3.63) is 63.9 Å². The summed E-state index contributed by atoms with van der Waals surface area (Å²) in [5.74, 6) is 1.00. The van der Waals surface area contributed by atoms with Crippen LogP contribution in [0.2, 0.25) is 10.0 Å². The molecule has 0 atom stereocenters. The lowest BCUT2D eigenvalue weighted by atomic mass is 10.2. The number of nitrogens with one attached hydrogen (secondary N) is 2. The van der Waals surface area contributed by atoms with E-state index >= 15 is 0 Å². The van der Waals surface area contributed by atoms with Gasteiger partial charge in [0.2, 0.25) is 0 Å². The highest BCUT2D eigenvalue weighted by Crippen LogP contribution is 2.32. The molecule has 0 amide bonds. The summed E-state index contributed by atoms with van der Waals surface area (Å²) in [4.78, 5) is 8.46. The summed E-state index contributed by atoms with van der Waals surface area (Å²) >= 11 is 12.2. The second kappa shape index (κ2) is 7.17. The molecular weight excluding hydrogens is 357 g/mol. The summed E-state index contributed by atoms with van der Waals surface area (Å²) < 4.78 is 0. The fraction of sp³-hybridized carbons (Fsp3) is 0.111. The minimum atomic E-state index is 0.404. The second-order valence-corrected chi connectivity index (χ2v) is 6.45. The summed E-state index contributed by atoms with van der Waals surface area (Å²) in [5.41, 5.74) is 10.3. The van der Waals surface area contributed by atoms with Crippen molar-refractivity contribution in [3.63, 3.8) is 0 Å². The fourth-order valence-corrected chi connectivity index (χ4v) is 2.67. The molecule has 1 heterocycles. The van der Waals surface area contributed by atoms with Crippen molar-refractivity contribution < 1.29 is 0 Å². The first-order valence-corrected chi connectivity index (χ1v) is 8.37. The van der Waals surface area contributed by atoms with E-state index < -0.39 is 0 Å². The molecule has 0 aliphatic heterocycles. The highest BCUT2D eigenvalue weighted by molar-refractivity contribution is 6.31. The van der Waals surface area contributed by atoms with Gasteiger partial charge in [0, 0.05) is 21.4 Å². The molecule has 1 aromatic heterocycles. The summed E-state index contributed by atoms with van der Waals surface area (Å²) in [6.07, 6.45) is 1.45. The molecule has 0 bridgehead atoms. The van der Waals surface area contributed by atoms with Gasteiger partial charge in [0.05, 0.1) is 0 Å². The van der Waals surface area contributed by atoms with Crippen LogP contribution >= 0.6 is 23.2 Å². The van der Waals surface area contributed by atoms with Crippen LogP contribution in [0.4, 0.5) is 28.7 Å². The van der Waals surface area contributed by atoms with E-state index in [0.29, 0.717) is 27.4 Å². The smallest absolute Gasteiger partial charge is 0.159 e. The highest BCUT2D eigenvalue weighted by Gasteiger charge is 2.11. The Morgan fingerprint density at radius 2 is 1.60 bits per heavy atom. The lowest BCUT2D eigenvalue weighted by Gasteiger charge is -2.15. The van der Waals surface area contributed by atoms with Crippen LogP contribution < -0.4 is 16.4 Å². The van der Waals surface area contributed by atoms with E-state index in [1.807, 2.05) is 50.2 Å². The van der Waals surface area contributed by atoms with Crippen LogP contribution in [0.1, 0.15) is 11.1 Å². The van der Waals surface area contributed by atoms with Crippen molar-refractivity contribution >= 4 is 51.9 Å². The van der Waals surface area contributed by atoms with E-state index in [0.717, 1.165) is 22.5 Å². The normalized spacial score (nSPS) is 10.6. The molecule has 3 rings (SSSR count). The van der Waals surface area contributed by atoms with Crippen molar-refractivity contribution in [3.8, 4) is 0 Å². The predicted molar refractivity (Wildman–Crippen MR) is 105 cm³/mol. The van der Waals surface area contributed by atoms with E-state index in [1.54, 1.807) is 0 Å². The van der Waals surface area contributed by atoms with E-state index in [-0.39, 0.29) is 0 Å². The Hall–Kier alpha value is -2.50. The average molecular weight is 374 g/mol. The van der Waals surface area contributed by atoms with E-state index in [9.17, 15) is 0 Å².